The molecule has 1 aliphatic rings. The quantitative estimate of drug-likeness (QED) is 0.438. The van der Waals surface area contributed by atoms with Crippen LogP contribution >= 0.6 is 27.7 Å². The number of benzene rings is 1. The summed E-state index contributed by atoms with van der Waals surface area (Å²) in [5, 5.41) is 1.72. The number of hydrogen-bond acceptors (Lipinski definition) is 5. The molecular formula is C20H17BrN2O3S. The topological polar surface area (TPSA) is 63.4 Å². The number of fused-ring (bicyclic) bond motifs is 1. The van der Waals surface area contributed by atoms with Gasteiger partial charge in [0, 0.05) is 41.0 Å². The van der Waals surface area contributed by atoms with Crippen molar-refractivity contribution in [3.8, 4) is 0 Å². The van der Waals surface area contributed by atoms with Gasteiger partial charge in [-0.25, -0.2) is 9.78 Å². The maximum atomic E-state index is 12.4. The van der Waals surface area contributed by atoms with Gasteiger partial charge in [-0.05, 0) is 48.7 Å². The minimum absolute atomic E-state index is 0.0498. The molecule has 1 aliphatic heterocycles. The summed E-state index contributed by atoms with van der Waals surface area (Å²) in [6.07, 6.45) is 3.78. The van der Waals surface area contributed by atoms with Gasteiger partial charge in [-0.3, -0.25) is 4.79 Å². The van der Waals surface area contributed by atoms with Gasteiger partial charge in [0.15, 0.2) is 0 Å². The largest absolute Gasteiger partial charge is 0.423 e. The van der Waals surface area contributed by atoms with Crippen molar-refractivity contribution in [3.05, 3.63) is 68.6 Å². The second-order valence-electron chi connectivity index (χ2n) is 6.40. The van der Waals surface area contributed by atoms with Gasteiger partial charge < -0.3 is 9.32 Å². The first-order chi connectivity index (χ1) is 13.1. The van der Waals surface area contributed by atoms with E-state index in [0.717, 1.165) is 46.4 Å². The Balaban J connectivity index is 1.50. The normalized spacial score (nSPS) is 14.0. The van der Waals surface area contributed by atoms with Crippen LogP contribution in [0.25, 0.3) is 11.0 Å². The Bertz CT molecular complexity index is 1040. The van der Waals surface area contributed by atoms with Gasteiger partial charge in [-0.2, -0.15) is 0 Å². The summed E-state index contributed by atoms with van der Waals surface area (Å²) in [5.74, 6) is 0.643. The summed E-state index contributed by atoms with van der Waals surface area (Å²) in [4.78, 5) is 30.5. The smallest absolute Gasteiger partial charge is 0.336 e. The fourth-order valence-electron chi connectivity index (χ4n) is 3.17. The number of aromatic nitrogens is 1. The van der Waals surface area contributed by atoms with E-state index in [1.54, 1.807) is 12.3 Å². The van der Waals surface area contributed by atoms with Crippen molar-refractivity contribution in [2.45, 2.75) is 23.6 Å². The second-order valence-corrected chi connectivity index (χ2v) is 8.32. The lowest BCUT2D eigenvalue weighted by Crippen LogP contribution is -2.27. The molecule has 5 nitrogen and oxygen atoms in total. The lowest BCUT2D eigenvalue weighted by molar-refractivity contribution is 0.0792. The molecular weight excluding hydrogens is 428 g/mol. The first-order valence-corrected chi connectivity index (χ1v) is 10.5. The highest BCUT2D eigenvalue weighted by molar-refractivity contribution is 9.10. The van der Waals surface area contributed by atoms with E-state index in [2.05, 4.69) is 20.9 Å². The Labute approximate surface area is 168 Å². The summed E-state index contributed by atoms with van der Waals surface area (Å²) in [6.45, 7) is 1.66. The summed E-state index contributed by atoms with van der Waals surface area (Å²) < 4.78 is 6.14. The van der Waals surface area contributed by atoms with Gasteiger partial charge in [-0.15, -0.1) is 11.8 Å². The van der Waals surface area contributed by atoms with Crippen LogP contribution in [0, 0.1) is 0 Å². The standard InChI is InChI=1S/C20H17BrN2O3S/c21-15-4-5-16-14(9-19(24)26-17(16)10-15)12-27-18-6-3-13(11-22-18)20(25)23-7-1-2-8-23/h3-6,9-11H,1-2,7-8,12H2. The van der Waals surface area contributed by atoms with Crippen LogP contribution in [-0.4, -0.2) is 28.9 Å². The van der Waals surface area contributed by atoms with Crippen molar-refractivity contribution in [2.24, 2.45) is 0 Å². The summed E-state index contributed by atoms with van der Waals surface area (Å²) in [5.41, 5.74) is 1.72. The maximum absolute atomic E-state index is 12.4. The van der Waals surface area contributed by atoms with Gasteiger partial charge in [0.25, 0.3) is 5.91 Å². The molecule has 1 saturated heterocycles. The number of thioether (sulfide) groups is 1. The fourth-order valence-corrected chi connectivity index (χ4v) is 4.34. The van der Waals surface area contributed by atoms with E-state index in [4.69, 9.17) is 4.42 Å². The Morgan fingerprint density at radius 3 is 2.74 bits per heavy atom. The van der Waals surface area contributed by atoms with Crippen LogP contribution in [0.4, 0.5) is 0 Å². The van der Waals surface area contributed by atoms with Crippen LogP contribution in [0.1, 0.15) is 28.8 Å². The SMILES string of the molecule is O=C(c1ccc(SCc2cc(=O)oc3cc(Br)ccc23)nc1)N1CCCC1. The lowest BCUT2D eigenvalue weighted by atomic mass is 10.1. The minimum Gasteiger partial charge on any atom is -0.423 e. The van der Waals surface area contributed by atoms with Crippen molar-refractivity contribution in [1.29, 1.82) is 0 Å². The van der Waals surface area contributed by atoms with Gasteiger partial charge in [0.2, 0.25) is 0 Å². The van der Waals surface area contributed by atoms with E-state index in [9.17, 15) is 9.59 Å². The molecule has 4 rings (SSSR count). The highest BCUT2D eigenvalue weighted by Gasteiger charge is 2.19. The van der Waals surface area contributed by atoms with Crippen molar-refractivity contribution in [3.63, 3.8) is 0 Å². The molecule has 0 bridgehead atoms. The van der Waals surface area contributed by atoms with Gasteiger partial charge in [-0.1, -0.05) is 15.9 Å². The molecule has 2 aromatic heterocycles. The molecule has 0 aliphatic carbocycles. The third kappa shape index (κ3) is 4.09. The molecule has 3 aromatic rings. The highest BCUT2D eigenvalue weighted by atomic mass is 79.9. The third-order valence-electron chi connectivity index (χ3n) is 4.54. The number of carbonyl (C=O) groups excluding carboxylic acids is 1. The van der Waals surface area contributed by atoms with E-state index in [1.807, 2.05) is 29.2 Å². The lowest BCUT2D eigenvalue weighted by Gasteiger charge is -2.14. The van der Waals surface area contributed by atoms with Crippen molar-refractivity contribution < 1.29 is 9.21 Å². The van der Waals surface area contributed by atoms with Crippen molar-refractivity contribution >= 4 is 44.6 Å². The molecule has 7 heteroatoms. The number of hydrogen-bond donors (Lipinski definition) is 0. The second kappa shape index (κ2) is 7.86. The molecule has 3 heterocycles. The maximum Gasteiger partial charge on any atom is 0.336 e. The number of likely N-dealkylation sites (tertiary alicyclic amines) is 1. The van der Waals surface area contributed by atoms with E-state index in [1.165, 1.54) is 17.8 Å². The molecule has 1 amide bonds. The van der Waals surface area contributed by atoms with E-state index >= 15 is 0 Å². The van der Waals surface area contributed by atoms with Crippen molar-refractivity contribution in [2.75, 3.05) is 13.1 Å². The molecule has 0 atom stereocenters. The van der Waals surface area contributed by atoms with Gasteiger partial charge in [0.05, 0.1) is 10.6 Å². The van der Waals surface area contributed by atoms with E-state index < -0.39 is 0 Å². The number of rotatable bonds is 4. The molecule has 0 saturated carbocycles. The molecule has 27 heavy (non-hydrogen) atoms. The predicted octanol–water partition coefficient (Wildman–Crippen LogP) is 4.48. The summed E-state index contributed by atoms with van der Waals surface area (Å²) >= 11 is 4.92. The summed E-state index contributed by atoms with van der Waals surface area (Å²) in [7, 11) is 0. The van der Waals surface area contributed by atoms with Gasteiger partial charge >= 0.3 is 5.63 Å². The zero-order chi connectivity index (χ0) is 18.8. The zero-order valence-electron chi connectivity index (χ0n) is 14.5. The molecule has 0 N–H and O–H groups in total. The van der Waals surface area contributed by atoms with Crippen molar-refractivity contribution in [1.82, 2.24) is 9.88 Å². The van der Waals surface area contributed by atoms with Crippen LogP contribution in [-0.2, 0) is 5.75 Å². The molecule has 0 spiro atoms. The number of carbonyl (C=O) groups is 1. The highest BCUT2D eigenvalue weighted by Crippen LogP contribution is 2.27. The Morgan fingerprint density at radius 2 is 2.00 bits per heavy atom. The van der Waals surface area contributed by atoms with Crippen LogP contribution in [0.15, 0.2) is 61.3 Å². The third-order valence-corrected chi connectivity index (χ3v) is 6.03. The average Bonchev–Trinajstić information content (AvgIpc) is 3.20. The molecule has 1 fully saturated rings. The first-order valence-electron chi connectivity index (χ1n) is 8.70. The summed E-state index contributed by atoms with van der Waals surface area (Å²) in [6, 6.07) is 10.9. The number of amides is 1. The molecule has 1 aromatic carbocycles. The number of halogens is 1. The molecule has 0 radical (unpaired) electrons. The zero-order valence-corrected chi connectivity index (χ0v) is 16.9. The first kappa shape index (κ1) is 18.3. The fraction of sp³-hybridized carbons (Fsp3) is 0.250. The number of pyridine rings is 1. The van der Waals surface area contributed by atoms with Crippen LogP contribution in [0.5, 0.6) is 0 Å². The average molecular weight is 445 g/mol. The van der Waals surface area contributed by atoms with Crippen LogP contribution in [0.2, 0.25) is 0 Å². The number of nitrogens with zero attached hydrogens (tertiary/aromatic N) is 2. The van der Waals surface area contributed by atoms with Gasteiger partial charge in [0.1, 0.15) is 5.58 Å². The Hall–Kier alpha value is -2.12. The minimum atomic E-state index is -0.365. The van der Waals surface area contributed by atoms with E-state index in [0.29, 0.717) is 16.9 Å². The van der Waals surface area contributed by atoms with Crippen LogP contribution in [0.3, 0.4) is 0 Å². The van der Waals surface area contributed by atoms with E-state index in [-0.39, 0.29) is 11.5 Å². The van der Waals surface area contributed by atoms with Crippen LogP contribution < -0.4 is 5.63 Å². The molecule has 0 unspecified atom stereocenters. The molecule has 138 valence electrons. The predicted molar refractivity (Wildman–Crippen MR) is 109 cm³/mol. The Morgan fingerprint density at radius 1 is 1.19 bits per heavy atom. The Kier molecular flexibility index (Phi) is 5.31. The monoisotopic (exact) mass is 444 g/mol.